The van der Waals surface area contributed by atoms with Crippen molar-refractivity contribution in [2.75, 3.05) is 4.90 Å². The molecule has 0 aliphatic carbocycles. The number of ether oxygens (including phenoxy) is 1. The number of phenols is 1. The lowest BCUT2D eigenvalue weighted by Crippen LogP contribution is -2.30. The Bertz CT molecular complexity index is 962. The highest BCUT2D eigenvalue weighted by Crippen LogP contribution is 2.29. The van der Waals surface area contributed by atoms with Gasteiger partial charge in [-0.3, -0.25) is 9.69 Å². The molecule has 2 aromatic rings. The number of benzene rings is 2. The molecule has 1 aliphatic rings. The molecule has 28 heavy (non-hydrogen) atoms. The number of amides is 1. The van der Waals surface area contributed by atoms with E-state index in [9.17, 15) is 23.1 Å². The molecule has 1 aliphatic heterocycles. The van der Waals surface area contributed by atoms with Crippen molar-refractivity contribution in [3.05, 3.63) is 58.8 Å². The molecule has 0 saturated carbocycles. The zero-order chi connectivity index (χ0) is 20.6. The Labute approximate surface area is 164 Å². The smallest absolute Gasteiger partial charge is 0.507 e. The highest BCUT2D eigenvalue weighted by molar-refractivity contribution is 7.80. The van der Waals surface area contributed by atoms with Gasteiger partial charge in [0.15, 0.2) is 5.11 Å². The molecule has 146 valence electrons. The number of thiocarbonyl (C=S) groups is 1. The Hall–Kier alpha value is -3.07. The summed E-state index contributed by atoms with van der Waals surface area (Å²) in [7, 11) is 0. The molecular formula is C19H15F3N2O3S. The number of rotatable bonds is 3. The quantitative estimate of drug-likeness (QED) is 0.590. The van der Waals surface area contributed by atoms with Crippen molar-refractivity contribution in [1.82, 2.24) is 5.32 Å². The maximum absolute atomic E-state index is 12.7. The van der Waals surface area contributed by atoms with E-state index in [1.807, 2.05) is 0 Å². The minimum atomic E-state index is -4.79. The Kier molecular flexibility index (Phi) is 5.03. The third-order valence-electron chi connectivity index (χ3n) is 4.03. The van der Waals surface area contributed by atoms with Crippen LogP contribution in [0.15, 0.2) is 42.1 Å². The second-order valence-corrected chi connectivity index (χ2v) is 6.56. The fraction of sp³-hybridized carbons (Fsp3) is 0.158. The molecule has 0 spiro atoms. The van der Waals surface area contributed by atoms with Gasteiger partial charge in [-0.1, -0.05) is 0 Å². The van der Waals surface area contributed by atoms with E-state index in [4.69, 9.17) is 12.2 Å². The zero-order valence-electron chi connectivity index (χ0n) is 14.8. The van der Waals surface area contributed by atoms with Crippen molar-refractivity contribution in [1.29, 1.82) is 0 Å². The minimum absolute atomic E-state index is 0.105. The number of hydrogen-bond acceptors (Lipinski definition) is 4. The van der Waals surface area contributed by atoms with E-state index in [1.165, 1.54) is 17.0 Å². The topological polar surface area (TPSA) is 61.8 Å². The van der Waals surface area contributed by atoms with Crippen LogP contribution >= 0.6 is 12.2 Å². The first-order valence-corrected chi connectivity index (χ1v) is 8.49. The molecule has 1 amide bonds. The van der Waals surface area contributed by atoms with Crippen LogP contribution in [0.3, 0.4) is 0 Å². The van der Waals surface area contributed by atoms with Crippen LogP contribution in [0.1, 0.15) is 16.7 Å². The maximum atomic E-state index is 12.7. The van der Waals surface area contributed by atoms with Crippen molar-refractivity contribution in [2.45, 2.75) is 20.2 Å². The molecule has 1 saturated heterocycles. The Morgan fingerprint density at radius 2 is 1.71 bits per heavy atom. The third kappa shape index (κ3) is 4.09. The van der Waals surface area contributed by atoms with Gasteiger partial charge in [0.05, 0.1) is 5.69 Å². The Morgan fingerprint density at radius 3 is 2.25 bits per heavy atom. The number of alkyl halides is 3. The number of halogens is 3. The van der Waals surface area contributed by atoms with Crippen molar-refractivity contribution in [2.24, 2.45) is 0 Å². The van der Waals surface area contributed by atoms with Crippen LogP contribution in [0.25, 0.3) is 6.08 Å². The molecule has 2 N–H and O–H groups in total. The van der Waals surface area contributed by atoms with Crippen molar-refractivity contribution < 1.29 is 27.8 Å². The van der Waals surface area contributed by atoms with Gasteiger partial charge in [-0.05, 0) is 85.2 Å². The lowest BCUT2D eigenvalue weighted by atomic mass is 10.0. The summed E-state index contributed by atoms with van der Waals surface area (Å²) in [4.78, 5) is 13.9. The summed E-state index contributed by atoms with van der Waals surface area (Å²) < 4.78 is 40.6. The lowest BCUT2D eigenvalue weighted by molar-refractivity contribution is -0.274. The molecule has 2 aromatic carbocycles. The average molecular weight is 408 g/mol. The van der Waals surface area contributed by atoms with Gasteiger partial charge < -0.3 is 15.2 Å². The summed E-state index contributed by atoms with van der Waals surface area (Å²) in [5, 5.41) is 12.8. The van der Waals surface area contributed by atoms with Crippen LogP contribution in [-0.2, 0) is 4.79 Å². The first-order chi connectivity index (χ1) is 13.0. The van der Waals surface area contributed by atoms with E-state index in [0.29, 0.717) is 22.4 Å². The molecular weight excluding hydrogens is 393 g/mol. The van der Waals surface area contributed by atoms with Gasteiger partial charge in [0.1, 0.15) is 17.2 Å². The van der Waals surface area contributed by atoms with Gasteiger partial charge in [0, 0.05) is 0 Å². The van der Waals surface area contributed by atoms with E-state index < -0.39 is 18.0 Å². The van der Waals surface area contributed by atoms with Gasteiger partial charge in [-0.25, -0.2) is 0 Å². The summed E-state index contributed by atoms with van der Waals surface area (Å²) in [6.07, 6.45) is -3.20. The predicted molar refractivity (Wildman–Crippen MR) is 102 cm³/mol. The normalized spacial score (nSPS) is 15.9. The molecule has 1 fully saturated rings. The monoisotopic (exact) mass is 408 g/mol. The Morgan fingerprint density at radius 1 is 1.14 bits per heavy atom. The van der Waals surface area contributed by atoms with E-state index in [1.54, 1.807) is 32.1 Å². The number of nitrogens with zero attached hydrogens (tertiary/aromatic N) is 1. The highest BCUT2D eigenvalue weighted by atomic mass is 32.1. The SMILES string of the molecule is Cc1cc(/C=C2\NC(=S)N(c3ccc(OC(F)(F)F)cc3)C2=O)cc(C)c1O. The largest absolute Gasteiger partial charge is 0.573 e. The summed E-state index contributed by atoms with van der Waals surface area (Å²) >= 11 is 5.19. The first kappa shape index (κ1) is 19.7. The minimum Gasteiger partial charge on any atom is -0.507 e. The van der Waals surface area contributed by atoms with Crippen LogP contribution < -0.4 is 15.0 Å². The summed E-state index contributed by atoms with van der Waals surface area (Å²) in [6.45, 7) is 3.49. The highest BCUT2D eigenvalue weighted by Gasteiger charge is 2.33. The predicted octanol–water partition coefficient (Wildman–Crippen LogP) is 4.17. The van der Waals surface area contributed by atoms with Crippen LogP contribution in [0, 0.1) is 13.8 Å². The van der Waals surface area contributed by atoms with Gasteiger partial charge in [0.2, 0.25) is 0 Å². The van der Waals surface area contributed by atoms with E-state index in [2.05, 4.69) is 10.1 Å². The number of carbonyl (C=O) groups is 1. The van der Waals surface area contributed by atoms with E-state index in [-0.39, 0.29) is 16.6 Å². The maximum Gasteiger partial charge on any atom is 0.573 e. The van der Waals surface area contributed by atoms with Crippen LogP contribution in [-0.4, -0.2) is 22.5 Å². The number of hydrogen-bond donors (Lipinski definition) is 2. The van der Waals surface area contributed by atoms with Gasteiger partial charge in [0.25, 0.3) is 5.91 Å². The number of carbonyl (C=O) groups excluding carboxylic acids is 1. The van der Waals surface area contributed by atoms with Gasteiger partial charge in [-0.2, -0.15) is 0 Å². The molecule has 3 rings (SSSR count). The van der Waals surface area contributed by atoms with Crippen LogP contribution in [0.5, 0.6) is 11.5 Å². The summed E-state index contributed by atoms with van der Waals surface area (Å²) in [5.74, 6) is -0.656. The molecule has 0 bridgehead atoms. The summed E-state index contributed by atoms with van der Waals surface area (Å²) in [6, 6.07) is 8.27. The molecule has 0 unspecified atom stereocenters. The second-order valence-electron chi connectivity index (χ2n) is 6.17. The van der Waals surface area contributed by atoms with Crippen LogP contribution in [0.2, 0.25) is 0 Å². The third-order valence-corrected chi connectivity index (χ3v) is 4.32. The molecule has 5 nitrogen and oxygen atoms in total. The average Bonchev–Trinajstić information content (AvgIpc) is 2.86. The van der Waals surface area contributed by atoms with Crippen molar-refractivity contribution in [3.8, 4) is 11.5 Å². The lowest BCUT2D eigenvalue weighted by Gasteiger charge is -2.15. The fourth-order valence-electron chi connectivity index (χ4n) is 2.81. The number of nitrogens with one attached hydrogen (secondary N) is 1. The molecule has 1 heterocycles. The Balaban J connectivity index is 1.86. The molecule has 0 aromatic heterocycles. The zero-order valence-corrected chi connectivity index (χ0v) is 15.6. The van der Waals surface area contributed by atoms with Gasteiger partial charge in [-0.15, -0.1) is 13.2 Å². The van der Waals surface area contributed by atoms with Crippen molar-refractivity contribution in [3.63, 3.8) is 0 Å². The number of aryl methyl sites for hydroxylation is 2. The van der Waals surface area contributed by atoms with Crippen LogP contribution in [0.4, 0.5) is 18.9 Å². The standard InChI is InChI=1S/C19H15F3N2O3S/c1-10-7-12(8-11(2)16(10)25)9-15-17(26)24(18(28)23-15)13-3-5-14(6-4-13)27-19(20,21)22/h3-9,25H,1-2H3,(H,23,28)/b15-9-. The molecule has 0 radical (unpaired) electrons. The fourth-order valence-corrected chi connectivity index (χ4v) is 3.10. The first-order valence-electron chi connectivity index (χ1n) is 8.08. The number of anilines is 1. The second kappa shape index (κ2) is 7.16. The molecule has 0 atom stereocenters. The van der Waals surface area contributed by atoms with E-state index >= 15 is 0 Å². The van der Waals surface area contributed by atoms with E-state index in [0.717, 1.165) is 12.1 Å². The molecule has 9 heteroatoms. The number of phenolic OH excluding ortho intramolecular Hbond substituents is 1. The summed E-state index contributed by atoms with van der Waals surface area (Å²) in [5.41, 5.74) is 2.54. The number of aromatic hydroxyl groups is 1. The van der Waals surface area contributed by atoms with Gasteiger partial charge >= 0.3 is 6.36 Å². The van der Waals surface area contributed by atoms with Crippen molar-refractivity contribution >= 4 is 35.0 Å².